The largest absolute Gasteiger partial charge is 0.497 e. The summed E-state index contributed by atoms with van der Waals surface area (Å²) in [6.45, 7) is 1.63. The fraction of sp³-hybridized carbons (Fsp3) is 0.154. The Bertz CT molecular complexity index is 1260. The molecule has 0 atom stereocenters. The fourth-order valence-corrected chi connectivity index (χ4v) is 3.59. The van der Waals surface area contributed by atoms with Crippen LogP contribution in [0.1, 0.15) is 31.8 Å². The molecule has 0 saturated carbocycles. The molecule has 0 bridgehead atoms. The van der Waals surface area contributed by atoms with Crippen LogP contribution in [0.3, 0.4) is 0 Å². The number of hydrogen-bond donors (Lipinski definition) is 0. The van der Waals surface area contributed by atoms with Gasteiger partial charge in [-0.2, -0.15) is 0 Å². The fourth-order valence-electron chi connectivity index (χ4n) is 3.47. The minimum atomic E-state index is -0.241. The molecule has 0 aromatic heterocycles. The van der Waals surface area contributed by atoms with Gasteiger partial charge in [0.2, 0.25) is 5.78 Å². The van der Waals surface area contributed by atoms with Crippen LogP contribution >= 0.6 is 11.6 Å². The number of allylic oxidation sites excluding steroid dienone is 1. The molecular formula is C26H21ClO6. The highest BCUT2D eigenvalue weighted by molar-refractivity contribution is 6.30. The molecule has 0 spiro atoms. The number of methoxy groups -OCH3 is 2. The first-order valence-corrected chi connectivity index (χ1v) is 10.5. The highest BCUT2D eigenvalue weighted by Crippen LogP contribution is 2.40. The van der Waals surface area contributed by atoms with Crippen molar-refractivity contribution in [2.24, 2.45) is 0 Å². The van der Waals surface area contributed by atoms with E-state index in [9.17, 15) is 9.59 Å². The summed E-state index contributed by atoms with van der Waals surface area (Å²) in [7, 11) is 3.11. The van der Waals surface area contributed by atoms with Crippen LogP contribution in [0.5, 0.6) is 23.0 Å². The molecule has 0 unspecified atom stereocenters. The molecule has 1 aliphatic heterocycles. The van der Waals surface area contributed by atoms with Crippen molar-refractivity contribution in [1.29, 1.82) is 0 Å². The van der Waals surface area contributed by atoms with Crippen molar-refractivity contribution in [1.82, 2.24) is 0 Å². The van der Waals surface area contributed by atoms with E-state index < -0.39 is 0 Å². The quantitative estimate of drug-likeness (QED) is 0.337. The Kier molecular flexibility index (Phi) is 6.38. The van der Waals surface area contributed by atoms with E-state index in [4.69, 9.17) is 30.5 Å². The van der Waals surface area contributed by atoms with Gasteiger partial charge in [0.15, 0.2) is 18.1 Å². The lowest BCUT2D eigenvalue weighted by Gasteiger charge is -2.11. The number of Topliss-reactive ketones (excluding diaryl/α,β-unsaturated/α-hetero) is 2. The van der Waals surface area contributed by atoms with Gasteiger partial charge in [0, 0.05) is 27.8 Å². The average molecular weight is 465 g/mol. The van der Waals surface area contributed by atoms with Crippen molar-refractivity contribution in [2.45, 2.75) is 6.92 Å². The van der Waals surface area contributed by atoms with Crippen molar-refractivity contribution in [3.63, 3.8) is 0 Å². The molecule has 1 heterocycles. The smallest absolute Gasteiger partial charge is 0.231 e. The number of benzene rings is 3. The maximum atomic E-state index is 12.9. The van der Waals surface area contributed by atoms with Gasteiger partial charge in [-0.1, -0.05) is 11.6 Å². The molecule has 7 heteroatoms. The van der Waals surface area contributed by atoms with Crippen molar-refractivity contribution < 1.29 is 28.5 Å². The van der Waals surface area contributed by atoms with Gasteiger partial charge in [-0.3, -0.25) is 9.59 Å². The van der Waals surface area contributed by atoms with Crippen LogP contribution in [0.2, 0.25) is 5.02 Å². The highest BCUT2D eigenvalue weighted by Gasteiger charge is 2.30. The summed E-state index contributed by atoms with van der Waals surface area (Å²) in [6, 6.07) is 15.2. The maximum Gasteiger partial charge on any atom is 0.231 e. The van der Waals surface area contributed by atoms with E-state index in [1.54, 1.807) is 81.8 Å². The molecule has 0 fully saturated rings. The number of halogens is 1. The van der Waals surface area contributed by atoms with Gasteiger partial charge in [0.25, 0.3) is 0 Å². The van der Waals surface area contributed by atoms with E-state index in [1.807, 2.05) is 0 Å². The molecule has 0 saturated heterocycles. The zero-order valence-electron chi connectivity index (χ0n) is 18.3. The summed E-state index contributed by atoms with van der Waals surface area (Å²) in [5.41, 5.74) is 2.25. The second kappa shape index (κ2) is 9.38. The van der Waals surface area contributed by atoms with E-state index in [0.717, 1.165) is 0 Å². The molecule has 33 heavy (non-hydrogen) atoms. The maximum absolute atomic E-state index is 12.9. The van der Waals surface area contributed by atoms with Crippen molar-refractivity contribution in [2.75, 3.05) is 20.8 Å². The second-order valence-electron chi connectivity index (χ2n) is 7.33. The number of ketones is 2. The topological polar surface area (TPSA) is 71.1 Å². The molecule has 168 valence electrons. The molecule has 0 amide bonds. The van der Waals surface area contributed by atoms with Crippen LogP contribution in [0.25, 0.3) is 6.08 Å². The Morgan fingerprint density at radius 3 is 2.45 bits per heavy atom. The minimum Gasteiger partial charge on any atom is -0.497 e. The molecule has 0 aliphatic carbocycles. The van der Waals surface area contributed by atoms with Gasteiger partial charge in [0.05, 0.1) is 19.8 Å². The molecule has 4 rings (SSSR count). The number of fused-ring (bicyclic) bond motifs is 1. The number of ether oxygens (including phenoxy) is 4. The Hall–Kier alpha value is -3.77. The Morgan fingerprint density at radius 1 is 1.00 bits per heavy atom. The standard InChI is InChI=1S/C26H21ClO6/c1-15-22(32-14-21(28)16-4-7-18(27)8-5-16)11-10-20-25(29)24(33-26(15)20)12-17-6-9-19(30-2)13-23(17)31-3/h4-13H,14H2,1-3H3/b24-12-. The Labute approximate surface area is 196 Å². The Morgan fingerprint density at radius 2 is 1.76 bits per heavy atom. The van der Waals surface area contributed by atoms with E-state index in [2.05, 4.69) is 0 Å². The van der Waals surface area contributed by atoms with Crippen molar-refractivity contribution in [3.05, 3.63) is 87.6 Å². The molecule has 3 aromatic carbocycles. The summed E-state index contributed by atoms with van der Waals surface area (Å²) in [6.07, 6.45) is 1.63. The third-order valence-corrected chi connectivity index (χ3v) is 5.54. The molecular weight excluding hydrogens is 444 g/mol. The van der Waals surface area contributed by atoms with Crippen LogP contribution in [-0.2, 0) is 0 Å². The number of carbonyl (C=O) groups is 2. The lowest BCUT2D eigenvalue weighted by molar-refractivity contribution is 0.0920. The van der Waals surface area contributed by atoms with Gasteiger partial charge in [-0.05, 0) is 61.5 Å². The summed E-state index contributed by atoms with van der Waals surface area (Å²) in [4.78, 5) is 25.3. The predicted molar refractivity (Wildman–Crippen MR) is 125 cm³/mol. The average Bonchev–Trinajstić information content (AvgIpc) is 3.15. The van der Waals surface area contributed by atoms with Gasteiger partial charge in [-0.25, -0.2) is 0 Å². The van der Waals surface area contributed by atoms with Crippen LogP contribution in [0.4, 0.5) is 0 Å². The van der Waals surface area contributed by atoms with E-state index in [-0.39, 0.29) is 23.9 Å². The molecule has 0 radical (unpaired) electrons. The SMILES string of the molecule is COc1ccc(/C=C2\Oc3c(ccc(OCC(=O)c4ccc(Cl)cc4)c3C)C2=O)c(OC)c1. The second-order valence-corrected chi connectivity index (χ2v) is 7.77. The van der Waals surface area contributed by atoms with Gasteiger partial charge >= 0.3 is 0 Å². The first-order chi connectivity index (χ1) is 15.9. The van der Waals surface area contributed by atoms with Crippen LogP contribution in [-0.4, -0.2) is 32.4 Å². The monoisotopic (exact) mass is 464 g/mol. The molecule has 1 aliphatic rings. The molecule has 3 aromatic rings. The van der Waals surface area contributed by atoms with E-state index >= 15 is 0 Å². The first-order valence-electron chi connectivity index (χ1n) is 10.1. The van der Waals surface area contributed by atoms with Gasteiger partial charge < -0.3 is 18.9 Å². The first kappa shape index (κ1) is 22.4. The summed E-state index contributed by atoms with van der Waals surface area (Å²) in [5, 5.41) is 0.555. The van der Waals surface area contributed by atoms with Crippen molar-refractivity contribution in [3.8, 4) is 23.0 Å². The highest BCUT2D eigenvalue weighted by atomic mass is 35.5. The number of rotatable bonds is 7. The minimum absolute atomic E-state index is 0.152. The summed E-state index contributed by atoms with van der Waals surface area (Å²) < 4.78 is 22.2. The zero-order chi connectivity index (χ0) is 23.5. The van der Waals surface area contributed by atoms with E-state index in [1.165, 1.54) is 0 Å². The van der Waals surface area contributed by atoms with Crippen LogP contribution < -0.4 is 18.9 Å². The van der Waals surface area contributed by atoms with Crippen molar-refractivity contribution >= 4 is 29.2 Å². The predicted octanol–water partition coefficient (Wildman–Crippen LogP) is 5.54. The summed E-state index contributed by atoms with van der Waals surface area (Å²) in [5.74, 6) is 1.82. The lowest BCUT2D eigenvalue weighted by Crippen LogP contribution is -2.12. The summed E-state index contributed by atoms with van der Waals surface area (Å²) >= 11 is 5.87. The zero-order valence-corrected chi connectivity index (χ0v) is 19.1. The normalized spacial score (nSPS) is 13.5. The van der Waals surface area contributed by atoms with Crippen LogP contribution in [0.15, 0.2) is 60.4 Å². The number of carbonyl (C=O) groups excluding carboxylic acids is 2. The van der Waals surface area contributed by atoms with Gasteiger partial charge in [0.1, 0.15) is 23.0 Å². The van der Waals surface area contributed by atoms with Crippen LogP contribution in [0, 0.1) is 6.92 Å². The molecule has 0 N–H and O–H groups in total. The van der Waals surface area contributed by atoms with Gasteiger partial charge in [-0.15, -0.1) is 0 Å². The van der Waals surface area contributed by atoms with E-state index in [0.29, 0.717) is 50.3 Å². The lowest BCUT2D eigenvalue weighted by atomic mass is 10.1. The third-order valence-electron chi connectivity index (χ3n) is 5.29. The third kappa shape index (κ3) is 4.56. The Balaban J connectivity index is 1.54. The number of hydrogen-bond acceptors (Lipinski definition) is 6. The molecule has 6 nitrogen and oxygen atoms in total.